The summed E-state index contributed by atoms with van der Waals surface area (Å²) in [6.45, 7) is 0. The molecule has 46 heavy (non-hydrogen) atoms. The van der Waals surface area contributed by atoms with Crippen molar-refractivity contribution in [3.8, 4) is 67.4 Å². The highest BCUT2D eigenvalue weighted by Gasteiger charge is 2.13. The third-order valence-electron chi connectivity index (χ3n) is 7.94. The predicted octanol–water partition coefficient (Wildman–Crippen LogP) is 9.21. The van der Waals surface area contributed by atoms with Gasteiger partial charge in [0.05, 0.1) is 23.3 Å². The van der Waals surface area contributed by atoms with E-state index >= 15 is 0 Å². The molecule has 0 aliphatic heterocycles. The zero-order chi connectivity index (χ0) is 30.7. The van der Waals surface area contributed by atoms with Crippen LogP contribution in [0.4, 0.5) is 0 Å². The van der Waals surface area contributed by atoms with Crippen LogP contribution in [0.15, 0.2) is 158 Å². The van der Waals surface area contributed by atoms with Gasteiger partial charge in [0.25, 0.3) is 0 Å². The van der Waals surface area contributed by atoms with E-state index in [1.165, 1.54) is 11.1 Å². The van der Waals surface area contributed by atoms with Crippen LogP contribution in [0, 0.1) is 0 Å². The number of aromatic nitrogens is 6. The van der Waals surface area contributed by atoms with Crippen molar-refractivity contribution >= 4 is 11.3 Å². The highest BCUT2D eigenvalue weighted by molar-refractivity contribution is 5.77. The lowest BCUT2D eigenvalue weighted by molar-refractivity contribution is 1.16. The molecule has 6 heteroatoms. The average molecular weight is 591 g/mol. The smallest absolute Gasteiger partial charge is 0.198 e. The number of fused-ring (bicyclic) bond motifs is 1. The second kappa shape index (κ2) is 11.9. The van der Waals surface area contributed by atoms with Crippen LogP contribution in [0.3, 0.4) is 0 Å². The van der Waals surface area contributed by atoms with E-state index in [0.29, 0.717) is 17.1 Å². The molecule has 0 amide bonds. The summed E-state index contributed by atoms with van der Waals surface area (Å²) < 4.78 is 0. The molecule has 0 N–H and O–H groups in total. The van der Waals surface area contributed by atoms with Gasteiger partial charge in [0.15, 0.2) is 17.1 Å². The predicted molar refractivity (Wildman–Crippen MR) is 183 cm³/mol. The molecule has 0 aliphatic rings. The van der Waals surface area contributed by atoms with E-state index in [-0.39, 0.29) is 0 Å². The number of hydrogen-bond acceptors (Lipinski definition) is 6. The van der Waals surface area contributed by atoms with Gasteiger partial charge in [-0.3, -0.25) is 0 Å². The van der Waals surface area contributed by atoms with Crippen LogP contribution in [-0.2, 0) is 0 Å². The minimum Gasteiger partial charge on any atom is -0.232 e. The van der Waals surface area contributed by atoms with Gasteiger partial charge in [-0.2, -0.15) is 0 Å². The summed E-state index contributed by atoms with van der Waals surface area (Å²) in [6, 6.07) is 48.0. The Morgan fingerprint density at radius 1 is 0.304 bits per heavy atom. The zero-order valence-electron chi connectivity index (χ0n) is 24.7. The molecule has 0 unspecified atom stereocenters. The molecule has 0 spiro atoms. The normalized spacial score (nSPS) is 11.0. The monoisotopic (exact) mass is 590 g/mol. The van der Waals surface area contributed by atoms with Crippen LogP contribution in [0.5, 0.6) is 0 Å². The van der Waals surface area contributed by atoms with Crippen LogP contribution in [-0.4, -0.2) is 29.9 Å². The SMILES string of the molecule is c1ccc(-c2ccc(-c3cc(-c4ccc(-c5cnc6nccnc6n5)cc4)nc(-c4ccc(-c5ccccc5)cc4)n3)cc2)cc1. The van der Waals surface area contributed by atoms with E-state index in [1.807, 2.05) is 24.3 Å². The Morgan fingerprint density at radius 3 is 1.24 bits per heavy atom. The Hall–Kier alpha value is -6.40. The van der Waals surface area contributed by atoms with E-state index in [9.17, 15) is 0 Å². The number of nitrogens with zero attached hydrogens (tertiary/aromatic N) is 6. The summed E-state index contributed by atoms with van der Waals surface area (Å²) in [5, 5.41) is 0. The molecule has 216 valence electrons. The summed E-state index contributed by atoms with van der Waals surface area (Å²) in [5.41, 5.74) is 12.0. The highest BCUT2D eigenvalue weighted by Crippen LogP contribution is 2.31. The van der Waals surface area contributed by atoms with Crippen LogP contribution >= 0.6 is 0 Å². The standard InChI is InChI=1S/C40H26N6/c1-3-7-27(8-4-1)29-11-15-31(16-12-29)35-25-36(45-38(44-35)34-21-13-30(14-22-34)28-9-5-2-6-10-28)32-17-19-33(20-18-32)37-26-43-39-40(46-37)42-24-23-41-39/h1-26H. The molecule has 8 aromatic rings. The van der Waals surface area contributed by atoms with E-state index in [1.54, 1.807) is 18.6 Å². The molecular weight excluding hydrogens is 564 g/mol. The van der Waals surface area contributed by atoms with Crippen LogP contribution < -0.4 is 0 Å². The number of rotatable bonds is 6. The first-order valence-electron chi connectivity index (χ1n) is 15.0. The lowest BCUT2D eigenvalue weighted by Crippen LogP contribution is -1.96. The van der Waals surface area contributed by atoms with E-state index < -0.39 is 0 Å². The first-order chi connectivity index (χ1) is 22.8. The van der Waals surface area contributed by atoms with Crippen LogP contribution in [0.2, 0.25) is 0 Å². The van der Waals surface area contributed by atoms with Crippen molar-refractivity contribution in [1.29, 1.82) is 0 Å². The molecule has 0 fully saturated rings. The zero-order valence-corrected chi connectivity index (χ0v) is 24.7. The van der Waals surface area contributed by atoms with E-state index in [2.05, 4.69) is 135 Å². The minimum atomic E-state index is 0.519. The summed E-state index contributed by atoms with van der Waals surface area (Å²) in [4.78, 5) is 27.7. The van der Waals surface area contributed by atoms with Crippen molar-refractivity contribution < 1.29 is 0 Å². The maximum absolute atomic E-state index is 5.06. The third-order valence-corrected chi connectivity index (χ3v) is 7.94. The molecule has 0 bridgehead atoms. The van der Waals surface area contributed by atoms with Gasteiger partial charge in [-0.15, -0.1) is 0 Å². The number of benzene rings is 5. The van der Waals surface area contributed by atoms with E-state index in [4.69, 9.17) is 9.97 Å². The molecule has 3 heterocycles. The van der Waals surface area contributed by atoms with Gasteiger partial charge in [-0.05, 0) is 28.3 Å². The first-order valence-corrected chi connectivity index (χ1v) is 15.0. The van der Waals surface area contributed by atoms with Crippen molar-refractivity contribution in [2.45, 2.75) is 0 Å². The summed E-state index contributed by atoms with van der Waals surface area (Å²) >= 11 is 0. The molecule has 6 nitrogen and oxygen atoms in total. The van der Waals surface area contributed by atoms with Gasteiger partial charge in [0.1, 0.15) is 0 Å². The molecule has 0 aliphatic carbocycles. The topological polar surface area (TPSA) is 77.3 Å². The largest absolute Gasteiger partial charge is 0.232 e. The van der Waals surface area contributed by atoms with Gasteiger partial charge in [-0.25, -0.2) is 29.9 Å². The minimum absolute atomic E-state index is 0.519. The lowest BCUT2D eigenvalue weighted by Gasteiger charge is -2.11. The fourth-order valence-electron chi connectivity index (χ4n) is 5.49. The quantitative estimate of drug-likeness (QED) is 0.192. The van der Waals surface area contributed by atoms with Crippen molar-refractivity contribution in [2.24, 2.45) is 0 Å². The molecule has 0 saturated carbocycles. The molecule has 5 aromatic carbocycles. The second-order valence-corrected chi connectivity index (χ2v) is 10.9. The Labute approximate surface area is 266 Å². The van der Waals surface area contributed by atoms with E-state index in [0.717, 1.165) is 50.5 Å². The number of hydrogen-bond donors (Lipinski definition) is 0. The Balaban J connectivity index is 1.18. The maximum Gasteiger partial charge on any atom is 0.198 e. The second-order valence-electron chi connectivity index (χ2n) is 10.9. The lowest BCUT2D eigenvalue weighted by atomic mass is 10.0. The van der Waals surface area contributed by atoms with Gasteiger partial charge in [0.2, 0.25) is 0 Å². The van der Waals surface area contributed by atoms with Gasteiger partial charge >= 0.3 is 0 Å². The molecule has 0 radical (unpaired) electrons. The highest BCUT2D eigenvalue weighted by atomic mass is 15.0. The van der Waals surface area contributed by atoms with Gasteiger partial charge < -0.3 is 0 Å². The Morgan fingerprint density at radius 2 is 0.717 bits per heavy atom. The Bertz CT molecular complexity index is 2170. The average Bonchev–Trinajstić information content (AvgIpc) is 3.15. The van der Waals surface area contributed by atoms with Crippen LogP contribution in [0.25, 0.3) is 78.7 Å². The molecule has 0 saturated heterocycles. The fourth-order valence-corrected chi connectivity index (χ4v) is 5.49. The molecule has 0 atom stereocenters. The third kappa shape index (κ3) is 5.51. The molecule has 3 aromatic heterocycles. The summed E-state index contributed by atoms with van der Waals surface area (Å²) in [5.74, 6) is 0.669. The molecular formula is C40H26N6. The van der Waals surface area contributed by atoms with Gasteiger partial charge in [-0.1, -0.05) is 133 Å². The van der Waals surface area contributed by atoms with Crippen molar-refractivity contribution in [1.82, 2.24) is 29.9 Å². The van der Waals surface area contributed by atoms with Crippen LogP contribution in [0.1, 0.15) is 0 Å². The maximum atomic E-state index is 5.06. The fraction of sp³-hybridized carbons (Fsp3) is 0. The van der Waals surface area contributed by atoms with Gasteiger partial charge in [0, 0.05) is 34.6 Å². The Kier molecular flexibility index (Phi) is 7.05. The first kappa shape index (κ1) is 27.2. The summed E-state index contributed by atoms with van der Waals surface area (Å²) in [7, 11) is 0. The summed E-state index contributed by atoms with van der Waals surface area (Å²) in [6.07, 6.45) is 4.97. The van der Waals surface area contributed by atoms with Crippen molar-refractivity contribution in [3.05, 3.63) is 158 Å². The van der Waals surface area contributed by atoms with Crippen molar-refractivity contribution in [2.75, 3.05) is 0 Å². The van der Waals surface area contributed by atoms with Crippen molar-refractivity contribution in [3.63, 3.8) is 0 Å². The molecule has 8 rings (SSSR count).